The number of hydrogen-bond donors (Lipinski definition) is 0. The molecule has 0 bridgehead atoms. The molecule has 0 amide bonds. The Labute approximate surface area is 410 Å². The van der Waals surface area contributed by atoms with Crippen molar-refractivity contribution in [2.75, 3.05) is 0 Å². The first kappa shape index (κ1) is 40.7. The maximum Gasteiger partial charge on any atom is 0.0159 e. The molecular formula is C70H50. The zero-order chi connectivity index (χ0) is 46.9. The van der Waals surface area contributed by atoms with Crippen molar-refractivity contribution in [2.24, 2.45) is 0 Å². The predicted octanol–water partition coefficient (Wildman–Crippen LogP) is 19.2. The van der Waals surface area contributed by atoms with Crippen LogP contribution in [0.5, 0.6) is 0 Å². The van der Waals surface area contributed by atoms with E-state index in [1.54, 1.807) is 0 Å². The molecule has 0 saturated carbocycles. The van der Waals surface area contributed by atoms with Crippen LogP contribution in [-0.2, 0) is 10.8 Å². The van der Waals surface area contributed by atoms with Gasteiger partial charge in [0.1, 0.15) is 0 Å². The van der Waals surface area contributed by atoms with Crippen molar-refractivity contribution in [3.8, 4) is 77.9 Å². The minimum atomic E-state index is -0.218. The molecule has 0 unspecified atom stereocenters. The molecule has 0 fully saturated rings. The van der Waals surface area contributed by atoms with Crippen LogP contribution >= 0.6 is 0 Å². The summed E-state index contributed by atoms with van der Waals surface area (Å²) in [4.78, 5) is 0. The summed E-state index contributed by atoms with van der Waals surface area (Å²) in [7, 11) is 0. The Morgan fingerprint density at radius 1 is 0.200 bits per heavy atom. The summed E-state index contributed by atoms with van der Waals surface area (Å²) in [6.45, 7) is 9.72. The molecule has 0 radical (unpaired) electrons. The van der Waals surface area contributed by atoms with E-state index in [9.17, 15) is 0 Å². The van der Waals surface area contributed by atoms with Gasteiger partial charge in [-0.1, -0.05) is 222 Å². The van der Waals surface area contributed by atoms with Gasteiger partial charge in [0, 0.05) is 10.8 Å². The zero-order valence-corrected chi connectivity index (χ0v) is 39.9. The topological polar surface area (TPSA) is 0 Å². The van der Waals surface area contributed by atoms with Crippen molar-refractivity contribution in [1.29, 1.82) is 0 Å². The van der Waals surface area contributed by atoms with Gasteiger partial charge in [-0.05, 0) is 180 Å². The third-order valence-electron chi connectivity index (χ3n) is 16.2. The quantitative estimate of drug-likeness (QED) is 0.151. The molecule has 2 aliphatic rings. The van der Waals surface area contributed by atoms with E-state index in [1.165, 1.54) is 143 Å². The first-order valence-corrected chi connectivity index (χ1v) is 24.8. The van der Waals surface area contributed by atoms with Crippen LogP contribution in [0, 0.1) is 0 Å². The molecule has 0 saturated heterocycles. The van der Waals surface area contributed by atoms with Gasteiger partial charge < -0.3 is 0 Å². The summed E-state index contributed by atoms with van der Waals surface area (Å²) in [5.41, 5.74) is 23.1. The molecule has 2 aliphatic carbocycles. The maximum absolute atomic E-state index is 2.54. The second-order valence-corrected chi connectivity index (χ2v) is 20.7. The summed E-state index contributed by atoms with van der Waals surface area (Å²) < 4.78 is 0. The van der Waals surface area contributed by atoms with Gasteiger partial charge in [-0.3, -0.25) is 0 Å². The highest BCUT2D eigenvalue weighted by Crippen LogP contribution is 2.56. The van der Waals surface area contributed by atoms with Gasteiger partial charge in [0.05, 0.1) is 0 Å². The summed E-state index contributed by atoms with van der Waals surface area (Å²) in [5, 5.41) is 10.3. The second-order valence-electron chi connectivity index (χ2n) is 20.7. The molecule has 0 atom stereocenters. The minimum Gasteiger partial charge on any atom is -0.0622 e. The zero-order valence-electron chi connectivity index (χ0n) is 39.9. The molecule has 12 aromatic rings. The second kappa shape index (κ2) is 15.1. The molecular weight excluding hydrogens is 841 g/mol. The maximum atomic E-state index is 2.54. The molecule has 330 valence electrons. The fraction of sp³-hybridized carbons (Fsp3) is 0.0857. The first-order chi connectivity index (χ1) is 34.3. The van der Waals surface area contributed by atoms with Crippen molar-refractivity contribution in [2.45, 2.75) is 38.5 Å². The lowest BCUT2D eigenvalue weighted by Crippen LogP contribution is -2.15. The van der Waals surface area contributed by atoms with Gasteiger partial charge in [0.15, 0.2) is 0 Å². The van der Waals surface area contributed by atoms with E-state index in [4.69, 9.17) is 0 Å². The Balaban J connectivity index is 0.940. The number of hydrogen-bond acceptors (Lipinski definition) is 0. The Hall–Kier alpha value is -8.32. The van der Waals surface area contributed by atoms with Crippen molar-refractivity contribution >= 4 is 43.1 Å². The lowest BCUT2D eigenvalue weighted by atomic mass is 9.78. The van der Waals surface area contributed by atoms with Crippen LogP contribution in [0.25, 0.3) is 121 Å². The fourth-order valence-electron chi connectivity index (χ4n) is 12.8. The predicted molar refractivity (Wildman–Crippen MR) is 299 cm³/mol. The van der Waals surface area contributed by atoms with Gasteiger partial charge in [0.25, 0.3) is 0 Å². The standard InChI is InChI=1S/C70H50/c1-69(2)61-37-47(33-35-49(61)55-39-57-59(41-63(55)69)67(45-25-13-7-14-26-45)53-31-19-17-29-51(53)65(57)43-21-9-5-10-22-43)48-34-36-50-56-40-58-60(42-64(56)70(3,4)62(50)38-48)68(46-27-15-8-16-28-46)54-32-20-18-30-52(54)66(58)44-23-11-6-12-24-44/h5-42H,1-4H3. The smallest absolute Gasteiger partial charge is 0.0159 e. The van der Waals surface area contributed by atoms with E-state index in [-0.39, 0.29) is 10.8 Å². The lowest BCUT2D eigenvalue weighted by molar-refractivity contribution is 0.660. The Kier molecular flexibility index (Phi) is 8.78. The van der Waals surface area contributed by atoms with Gasteiger partial charge in [-0.25, -0.2) is 0 Å². The third kappa shape index (κ3) is 5.83. The molecule has 0 aromatic heterocycles. The number of fused-ring (bicyclic) bond motifs is 10. The van der Waals surface area contributed by atoms with Crippen molar-refractivity contribution in [3.63, 3.8) is 0 Å². The highest BCUT2D eigenvalue weighted by Gasteiger charge is 2.39. The molecule has 0 spiro atoms. The van der Waals surface area contributed by atoms with E-state index in [1.807, 2.05) is 0 Å². The number of rotatable bonds is 5. The summed E-state index contributed by atoms with van der Waals surface area (Å²) in [6, 6.07) is 86.7. The van der Waals surface area contributed by atoms with Crippen LogP contribution in [0.2, 0.25) is 0 Å². The average Bonchev–Trinajstić information content (AvgIpc) is 3.76. The van der Waals surface area contributed by atoms with Crippen molar-refractivity contribution in [1.82, 2.24) is 0 Å². The minimum absolute atomic E-state index is 0.218. The van der Waals surface area contributed by atoms with E-state index in [2.05, 4.69) is 258 Å². The van der Waals surface area contributed by atoms with Crippen molar-refractivity contribution in [3.05, 3.63) is 253 Å². The normalized spacial score (nSPS) is 13.9. The molecule has 14 rings (SSSR count). The third-order valence-corrected chi connectivity index (χ3v) is 16.2. The van der Waals surface area contributed by atoms with Gasteiger partial charge >= 0.3 is 0 Å². The summed E-state index contributed by atoms with van der Waals surface area (Å²) in [5.74, 6) is 0. The molecule has 0 heteroatoms. The van der Waals surface area contributed by atoms with E-state index in [0.29, 0.717) is 0 Å². The molecule has 0 heterocycles. The molecule has 12 aromatic carbocycles. The van der Waals surface area contributed by atoms with Crippen LogP contribution in [0.15, 0.2) is 231 Å². The SMILES string of the molecule is CC1(C)c2cc(-c3ccc4c(c3)C(C)(C)c3cc5c(-c6ccccc6)c6ccccc6c(-c6ccccc6)c5cc3-4)ccc2-c2cc3c(-c4ccccc4)c4ccccc4c(-c4ccccc4)c3cc21. The molecule has 0 nitrogen and oxygen atoms in total. The highest BCUT2D eigenvalue weighted by molar-refractivity contribution is 6.24. The van der Waals surface area contributed by atoms with Crippen molar-refractivity contribution < 1.29 is 0 Å². The average molecular weight is 891 g/mol. The van der Waals surface area contributed by atoms with Crippen LogP contribution in [-0.4, -0.2) is 0 Å². The van der Waals surface area contributed by atoms with Crippen LogP contribution in [0.3, 0.4) is 0 Å². The molecule has 0 N–H and O–H groups in total. The Morgan fingerprint density at radius 3 is 0.757 bits per heavy atom. The van der Waals surface area contributed by atoms with E-state index >= 15 is 0 Å². The summed E-state index contributed by atoms with van der Waals surface area (Å²) in [6.07, 6.45) is 0. The monoisotopic (exact) mass is 890 g/mol. The largest absolute Gasteiger partial charge is 0.0622 e. The highest BCUT2D eigenvalue weighted by atomic mass is 14.4. The van der Waals surface area contributed by atoms with Gasteiger partial charge in [-0.2, -0.15) is 0 Å². The van der Waals surface area contributed by atoms with Crippen LogP contribution < -0.4 is 0 Å². The first-order valence-electron chi connectivity index (χ1n) is 24.8. The van der Waals surface area contributed by atoms with E-state index < -0.39 is 0 Å². The van der Waals surface area contributed by atoms with Crippen LogP contribution in [0.4, 0.5) is 0 Å². The van der Waals surface area contributed by atoms with Gasteiger partial charge in [0.2, 0.25) is 0 Å². The number of benzene rings is 12. The summed E-state index contributed by atoms with van der Waals surface area (Å²) >= 11 is 0. The Morgan fingerprint density at radius 2 is 0.457 bits per heavy atom. The fourth-order valence-corrected chi connectivity index (χ4v) is 12.8. The molecule has 0 aliphatic heterocycles. The lowest BCUT2D eigenvalue weighted by Gasteiger charge is -2.25. The van der Waals surface area contributed by atoms with Crippen LogP contribution in [0.1, 0.15) is 49.9 Å². The Bertz CT molecular complexity index is 3850. The molecule has 70 heavy (non-hydrogen) atoms. The van der Waals surface area contributed by atoms with Gasteiger partial charge in [-0.15, -0.1) is 0 Å². The van der Waals surface area contributed by atoms with E-state index in [0.717, 1.165) is 0 Å².